The van der Waals surface area contributed by atoms with Gasteiger partial charge in [0.1, 0.15) is 6.04 Å². The Morgan fingerprint density at radius 1 is 1.42 bits per heavy atom. The van der Waals surface area contributed by atoms with Gasteiger partial charge in [0, 0.05) is 12.4 Å². The number of fused-ring (bicyclic) bond motifs is 1. The summed E-state index contributed by atoms with van der Waals surface area (Å²) in [5.74, 6) is -1.51. The standard InChI is InChI=1S/C13H15N3O3/c1-3-9(13(18)19)14-12(17)11-8-6-4-5-7-10(8)16(2)15-11/h4-7,9H,3H2,1-2H3,(H,14,17)(H,18,19)/t9-/m1/s1. The summed E-state index contributed by atoms with van der Waals surface area (Å²) in [6.45, 7) is 1.70. The van der Waals surface area contributed by atoms with Gasteiger partial charge in [0.25, 0.3) is 5.91 Å². The molecular weight excluding hydrogens is 246 g/mol. The predicted molar refractivity (Wildman–Crippen MR) is 69.9 cm³/mol. The maximum absolute atomic E-state index is 12.1. The van der Waals surface area contributed by atoms with E-state index in [9.17, 15) is 9.59 Å². The summed E-state index contributed by atoms with van der Waals surface area (Å²) < 4.78 is 1.60. The molecule has 2 N–H and O–H groups in total. The fraction of sp³-hybridized carbons (Fsp3) is 0.308. The molecule has 1 heterocycles. The fourth-order valence-electron chi connectivity index (χ4n) is 1.95. The summed E-state index contributed by atoms with van der Waals surface area (Å²) in [7, 11) is 1.74. The van der Waals surface area contributed by atoms with E-state index in [0.717, 1.165) is 5.52 Å². The van der Waals surface area contributed by atoms with Gasteiger partial charge in [-0.1, -0.05) is 25.1 Å². The van der Waals surface area contributed by atoms with Crippen molar-refractivity contribution in [2.45, 2.75) is 19.4 Å². The zero-order chi connectivity index (χ0) is 14.0. The van der Waals surface area contributed by atoms with Crippen LogP contribution >= 0.6 is 0 Å². The molecule has 0 saturated carbocycles. The average Bonchev–Trinajstić information content (AvgIpc) is 2.73. The Balaban J connectivity index is 2.34. The highest BCUT2D eigenvalue weighted by atomic mass is 16.4. The lowest BCUT2D eigenvalue weighted by atomic mass is 10.2. The number of benzene rings is 1. The van der Waals surface area contributed by atoms with Gasteiger partial charge in [0.2, 0.25) is 0 Å². The number of para-hydroxylation sites is 1. The van der Waals surface area contributed by atoms with Crippen LogP contribution in [0.25, 0.3) is 10.9 Å². The molecule has 0 fully saturated rings. The molecule has 19 heavy (non-hydrogen) atoms. The highest BCUT2D eigenvalue weighted by molar-refractivity contribution is 6.05. The molecule has 0 aliphatic heterocycles. The van der Waals surface area contributed by atoms with Gasteiger partial charge >= 0.3 is 5.97 Å². The van der Waals surface area contributed by atoms with Crippen LogP contribution in [0.15, 0.2) is 24.3 Å². The van der Waals surface area contributed by atoms with Crippen LogP contribution in [0.4, 0.5) is 0 Å². The number of aliphatic carboxylic acids is 1. The van der Waals surface area contributed by atoms with Gasteiger partial charge in [-0.3, -0.25) is 9.48 Å². The van der Waals surface area contributed by atoms with Crippen molar-refractivity contribution in [1.29, 1.82) is 0 Å². The predicted octanol–water partition coefficient (Wildman–Crippen LogP) is 1.17. The van der Waals surface area contributed by atoms with E-state index in [2.05, 4.69) is 10.4 Å². The minimum atomic E-state index is -1.05. The van der Waals surface area contributed by atoms with Crippen molar-refractivity contribution in [3.05, 3.63) is 30.0 Å². The molecule has 100 valence electrons. The quantitative estimate of drug-likeness (QED) is 0.865. The second kappa shape index (κ2) is 5.09. The number of carbonyl (C=O) groups excluding carboxylic acids is 1. The first-order chi connectivity index (χ1) is 9.04. The minimum Gasteiger partial charge on any atom is -0.480 e. The first-order valence-electron chi connectivity index (χ1n) is 6.00. The molecule has 2 aromatic rings. The number of carboxylic acid groups (broad SMARTS) is 1. The molecule has 6 nitrogen and oxygen atoms in total. The van der Waals surface area contributed by atoms with Gasteiger partial charge in [0.05, 0.1) is 5.52 Å². The number of carboxylic acids is 1. The third-order valence-electron chi connectivity index (χ3n) is 2.98. The number of nitrogens with zero attached hydrogens (tertiary/aromatic N) is 2. The number of aromatic nitrogens is 2. The molecule has 1 aromatic carbocycles. The third-order valence-corrected chi connectivity index (χ3v) is 2.98. The Hall–Kier alpha value is -2.37. The maximum atomic E-state index is 12.1. The number of hydrogen-bond donors (Lipinski definition) is 2. The normalized spacial score (nSPS) is 12.3. The van der Waals surface area contributed by atoms with E-state index in [-0.39, 0.29) is 5.69 Å². The monoisotopic (exact) mass is 261 g/mol. The lowest BCUT2D eigenvalue weighted by Gasteiger charge is -2.10. The molecule has 1 aromatic heterocycles. The summed E-state index contributed by atoms with van der Waals surface area (Å²) in [6, 6.07) is 6.42. The average molecular weight is 261 g/mol. The molecule has 0 aliphatic carbocycles. The van der Waals surface area contributed by atoms with E-state index < -0.39 is 17.9 Å². The molecule has 0 saturated heterocycles. The van der Waals surface area contributed by atoms with Crippen LogP contribution in [0.5, 0.6) is 0 Å². The van der Waals surface area contributed by atoms with Crippen molar-refractivity contribution >= 4 is 22.8 Å². The number of hydrogen-bond acceptors (Lipinski definition) is 3. The number of nitrogens with one attached hydrogen (secondary N) is 1. The van der Waals surface area contributed by atoms with Crippen molar-refractivity contribution in [2.75, 3.05) is 0 Å². The molecule has 0 aliphatic rings. The summed E-state index contributed by atoms with van der Waals surface area (Å²) in [4.78, 5) is 23.0. The van der Waals surface area contributed by atoms with E-state index in [1.807, 2.05) is 18.2 Å². The van der Waals surface area contributed by atoms with E-state index in [4.69, 9.17) is 5.11 Å². The van der Waals surface area contributed by atoms with Crippen molar-refractivity contribution in [1.82, 2.24) is 15.1 Å². The van der Waals surface area contributed by atoms with Crippen LogP contribution in [-0.4, -0.2) is 32.8 Å². The zero-order valence-electron chi connectivity index (χ0n) is 10.8. The van der Waals surface area contributed by atoms with Crippen LogP contribution in [0, 0.1) is 0 Å². The van der Waals surface area contributed by atoms with Crippen LogP contribution in [0.2, 0.25) is 0 Å². The van der Waals surface area contributed by atoms with E-state index in [0.29, 0.717) is 11.8 Å². The minimum absolute atomic E-state index is 0.248. The largest absolute Gasteiger partial charge is 0.480 e. The topological polar surface area (TPSA) is 84.2 Å². The Morgan fingerprint density at radius 2 is 2.11 bits per heavy atom. The Kier molecular flexibility index (Phi) is 3.50. The smallest absolute Gasteiger partial charge is 0.326 e. The summed E-state index contributed by atoms with van der Waals surface area (Å²) in [6.07, 6.45) is 0.325. The van der Waals surface area contributed by atoms with Crippen molar-refractivity contribution in [2.24, 2.45) is 7.05 Å². The van der Waals surface area contributed by atoms with Crippen LogP contribution in [0.3, 0.4) is 0 Å². The van der Waals surface area contributed by atoms with Crippen LogP contribution in [0.1, 0.15) is 23.8 Å². The Morgan fingerprint density at radius 3 is 2.74 bits per heavy atom. The van der Waals surface area contributed by atoms with Crippen molar-refractivity contribution < 1.29 is 14.7 Å². The first kappa shape index (κ1) is 13.1. The highest BCUT2D eigenvalue weighted by Gasteiger charge is 2.22. The van der Waals surface area contributed by atoms with Gasteiger partial charge in [-0.05, 0) is 12.5 Å². The molecule has 0 spiro atoms. The van der Waals surface area contributed by atoms with Crippen LogP contribution in [-0.2, 0) is 11.8 Å². The Labute approximate surface area is 110 Å². The number of amides is 1. The summed E-state index contributed by atoms with van der Waals surface area (Å²) in [5.41, 5.74) is 1.08. The van der Waals surface area contributed by atoms with Gasteiger partial charge in [0.15, 0.2) is 5.69 Å². The highest BCUT2D eigenvalue weighted by Crippen LogP contribution is 2.17. The van der Waals surface area contributed by atoms with Gasteiger partial charge in [-0.2, -0.15) is 5.10 Å². The van der Waals surface area contributed by atoms with Gasteiger partial charge in [-0.15, -0.1) is 0 Å². The van der Waals surface area contributed by atoms with Gasteiger partial charge in [-0.25, -0.2) is 4.79 Å². The number of aryl methyl sites for hydroxylation is 1. The van der Waals surface area contributed by atoms with E-state index >= 15 is 0 Å². The third kappa shape index (κ3) is 2.42. The molecular formula is C13H15N3O3. The van der Waals surface area contributed by atoms with Crippen LogP contribution < -0.4 is 5.32 Å². The molecule has 0 bridgehead atoms. The van der Waals surface area contributed by atoms with E-state index in [1.54, 1.807) is 24.7 Å². The lowest BCUT2D eigenvalue weighted by molar-refractivity contribution is -0.139. The number of rotatable bonds is 4. The first-order valence-corrected chi connectivity index (χ1v) is 6.00. The Bertz CT molecular complexity index is 633. The van der Waals surface area contributed by atoms with Crippen molar-refractivity contribution in [3.63, 3.8) is 0 Å². The fourth-order valence-corrected chi connectivity index (χ4v) is 1.95. The second-order valence-corrected chi connectivity index (χ2v) is 4.26. The van der Waals surface area contributed by atoms with Gasteiger partial charge < -0.3 is 10.4 Å². The second-order valence-electron chi connectivity index (χ2n) is 4.26. The molecule has 6 heteroatoms. The zero-order valence-corrected chi connectivity index (χ0v) is 10.8. The molecule has 1 atom stereocenters. The van der Waals surface area contributed by atoms with Crippen molar-refractivity contribution in [3.8, 4) is 0 Å². The summed E-state index contributed by atoms with van der Waals surface area (Å²) in [5, 5.41) is 16.3. The van der Waals surface area contributed by atoms with E-state index in [1.165, 1.54) is 0 Å². The maximum Gasteiger partial charge on any atom is 0.326 e. The SMILES string of the molecule is CC[C@@H](NC(=O)c1nn(C)c2ccccc12)C(=O)O. The summed E-state index contributed by atoms with van der Waals surface area (Å²) >= 11 is 0. The molecule has 1 amide bonds. The lowest BCUT2D eigenvalue weighted by Crippen LogP contribution is -2.40. The number of carbonyl (C=O) groups is 2. The molecule has 2 rings (SSSR count). The molecule has 0 unspecified atom stereocenters. The molecule has 0 radical (unpaired) electrons.